The fraction of sp³-hybridized carbons (Fsp3) is 0.167. The van der Waals surface area contributed by atoms with Crippen LogP contribution >= 0.6 is 0 Å². The summed E-state index contributed by atoms with van der Waals surface area (Å²) in [6.45, 7) is 1.63. The number of rotatable bonds is 2. The minimum Gasteiger partial charge on any atom is -0.503 e. The molecule has 0 aliphatic carbocycles. The fourth-order valence-electron chi connectivity index (χ4n) is 1.65. The lowest BCUT2D eigenvalue weighted by Gasteiger charge is -2.05. The van der Waals surface area contributed by atoms with E-state index in [2.05, 4.69) is 9.72 Å². The normalized spacial score (nSPS) is 10.7. The maximum Gasteiger partial charge on any atom is 0.343 e. The number of aromatic hydroxyl groups is 1. The first kappa shape index (κ1) is 13.0. The number of phenolic OH excluding ortho intramolecular Hbond substituents is 1. The van der Waals surface area contributed by atoms with Crippen molar-refractivity contribution >= 4 is 16.9 Å². The van der Waals surface area contributed by atoms with Gasteiger partial charge in [0.2, 0.25) is 11.2 Å². The molecular formula is C12H9F2NO4. The maximum atomic E-state index is 13.2. The first-order valence-corrected chi connectivity index (χ1v) is 5.36. The van der Waals surface area contributed by atoms with Gasteiger partial charge < -0.3 is 14.8 Å². The van der Waals surface area contributed by atoms with Gasteiger partial charge in [0.1, 0.15) is 5.56 Å². The third-order valence-corrected chi connectivity index (χ3v) is 2.54. The monoisotopic (exact) mass is 269 g/mol. The number of nitrogens with one attached hydrogen (secondary N) is 1. The van der Waals surface area contributed by atoms with Crippen LogP contribution in [0, 0.1) is 11.6 Å². The number of H-pyrrole nitrogens is 1. The number of pyridine rings is 1. The van der Waals surface area contributed by atoms with E-state index in [-0.39, 0.29) is 23.1 Å². The lowest BCUT2D eigenvalue weighted by atomic mass is 10.1. The van der Waals surface area contributed by atoms with Crippen LogP contribution in [0.5, 0.6) is 5.75 Å². The summed E-state index contributed by atoms with van der Waals surface area (Å²) in [6, 6.07) is 0.617. The molecule has 2 rings (SSSR count). The molecule has 0 radical (unpaired) electrons. The van der Waals surface area contributed by atoms with Crippen LogP contribution in [-0.4, -0.2) is 22.7 Å². The van der Waals surface area contributed by atoms with Gasteiger partial charge in [0.05, 0.1) is 17.5 Å². The van der Waals surface area contributed by atoms with E-state index in [9.17, 15) is 23.5 Å². The van der Waals surface area contributed by atoms with Gasteiger partial charge in [-0.1, -0.05) is 0 Å². The molecule has 2 aromatic rings. The zero-order chi connectivity index (χ0) is 14.2. The summed E-state index contributed by atoms with van der Waals surface area (Å²) < 4.78 is 31.0. The Labute approximate surface area is 105 Å². The molecular weight excluding hydrogens is 260 g/mol. The Balaban J connectivity index is 2.76. The molecule has 0 bridgehead atoms. The van der Waals surface area contributed by atoms with Gasteiger partial charge in [-0.25, -0.2) is 9.18 Å². The van der Waals surface area contributed by atoms with Crippen molar-refractivity contribution in [1.82, 2.24) is 4.98 Å². The van der Waals surface area contributed by atoms with Gasteiger partial charge in [0.25, 0.3) is 0 Å². The average Bonchev–Trinajstić information content (AvgIpc) is 2.38. The summed E-state index contributed by atoms with van der Waals surface area (Å²) in [5, 5.41) is 9.06. The van der Waals surface area contributed by atoms with Crippen LogP contribution in [0.25, 0.3) is 10.9 Å². The second-order valence-electron chi connectivity index (χ2n) is 3.70. The summed E-state index contributed by atoms with van der Waals surface area (Å²) in [5.74, 6) is -4.74. The highest BCUT2D eigenvalue weighted by atomic mass is 19.2. The van der Waals surface area contributed by atoms with Gasteiger partial charge in [-0.15, -0.1) is 0 Å². The molecule has 0 unspecified atom stereocenters. The lowest BCUT2D eigenvalue weighted by molar-refractivity contribution is 0.0524. The highest BCUT2D eigenvalue weighted by molar-refractivity contribution is 5.94. The molecule has 5 nitrogen and oxygen atoms in total. The molecule has 1 aromatic carbocycles. The number of hydrogen-bond donors (Lipinski definition) is 2. The van der Waals surface area contributed by atoms with Crippen molar-refractivity contribution in [2.75, 3.05) is 6.61 Å². The van der Waals surface area contributed by atoms with Crippen LogP contribution in [0.2, 0.25) is 0 Å². The van der Waals surface area contributed by atoms with E-state index < -0.39 is 28.8 Å². The number of esters is 1. The van der Waals surface area contributed by atoms with Gasteiger partial charge in [-0.3, -0.25) is 4.79 Å². The Bertz CT molecular complexity index is 724. The van der Waals surface area contributed by atoms with Gasteiger partial charge in [-0.05, 0) is 13.0 Å². The minimum absolute atomic E-state index is 0.0688. The van der Waals surface area contributed by atoms with Gasteiger partial charge in [0, 0.05) is 6.20 Å². The molecule has 1 heterocycles. The highest BCUT2D eigenvalue weighted by Gasteiger charge is 2.19. The molecule has 2 N–H and O–H groups in total. The summed E-state index contributed by atoms with van der Waals surface area (Å²) in [7, 11) is 0. The predicted molar refractivity (Wildman–Crippen MR) is 62.1 cm³/mol. The third-order valence-electron chi connectivity index (χ3n) is 2.54. The second-order valence-corrected chi connectivity index (χ2v) is 3.70. The van der Waals surface area contributed by atoms with E-state index in [1.165, 1.54) is 0 Å². The second kappa shape index (κ2) is 4.68. The van der Waals surface area contributed by atoms with Crippen molar-refractivity contribution < 1.29 is 23.4 Å². The molecule has 0 aliphatic rings. The summed E-state index contributed by atoms with van der Waals surface area (Å²) >= 11 is 0. The van der Waals surface area contributed by atoms with E-state index in [1.807, 2.05) is 0 Å². The standard InChI is InChI=1S/C12H9F2NO4/c1-2-19-12(18)6-4-15-9-5(10(6)16)3-7(13)8(14)11(9)17/h3-4,17H,2H2,1H3,(H,15,16). The van der Waals surface area contributed by atoms with Crippen LogP contribution in [0.1, 0.15) is 17.3 Å². The molecule has 7 heteroatoms. The number of fused-ring (bicyclic) bond motifs is 1. The van der Waals surface area contributed by atoms with Crippen LogP contribution in [0.3, 0.4) is 0 Å². The number of hydrogen-bond acceptors (Lipinski definition) is 4. The van der Waals surface area contributed by atoms with Crippen molar-refractivity contribution in [3.63, 3.8) is 0 Å². The zero-order valence-corrected chi connectivity index (χ0v) is 9.79. The van der Waals surface area contributed by atoms with Crippen LogP contribution in [0.15, 0.2) is 17.1 Å². The summed E-state index contributed by atoms with van der Waals surface area (Å²) in [4.78, 5) is 25.8. The topological polar surface area (TPSA) is 79.4 Å². The zero-order valence-electron chi connectivity index (χ0n) is 9.79. The molecule has 1 aromatic heterocycles. The van der Waals surface area contributed by atoms with E-state index in [0.717, 1.165) is 6.20 Å². The first-order valence-electron chi connectivity index (χ1n) is 5.36. The summed E-state index contributed by atoms with van der Waals surface area (Å²) in [6.07, 6.45) is 0.986. The molecule has 0 saturated carbocycles. The molecule has 100 valence electrons. The number of benzene rings is 1. The lowest BCUT2D eigenvalue weighted by Crippen LogP contribution is -2.18. The number of halogens is 2. The van der Waals surface area contributed by atoms with Crippen molar-refractivity contribution in [3.05, 3.63) is 39.7 Å². The van der Waals surface area contributed by atoms with Gasteiger partial charge in [0.15, 0.2) is 11.6 Å². The highest BCUT2D eigenvalue weighted by Crippen LogP contribution is 2.26. The Kier molecular flexibility index (Phi) is 3.20. The molecule has 19 heavy (non-hydrogen) atoms. The van der Waals surface area contributed by atoms with Gasteiger partial charge >= 0.3 is 5.97 Å². The Hall–Kier alpha value is -2.44. The fourth-order valence-corrected chi connectivity index (χ4v) is 1.65. The van der Waals surface area contributed by atoms with E-state index in [1.54, 1.807) is 6.92 Å². The van der Waals surface area contributed by atoms with Crippen LogP contribution in [0.4, 0.5) is 8.78 Å². The molecule has 0 amide bonds. The Morgan fingerprint density at radius 1 is 1.47 bits per heavy atom. The Morgan fingerprint density at radius 2 is 2.16 bits per heavy atom. The SMILES string of the molecule is CCOC(=O)c1c[nH]c2c(O)c(F)c(F)cc2c1=O. The largest absolute Gasteiger partial charge is 0.503 e. The third kappa shape index (κ3) is 2.03. The quantitative estimate of drug-likeness (QED) is 0.813. The number of carbonyl (C=O) groups is 1. The molecule has 0 spiro atoms. The predicted octanol–water partition coefficient (Wildman–Crippen LogP) is 1.69. The van der Waals surface area contributed by atoms with E-state index in [4.69, 9.17) is 0 Å². The number of aromatic amines is 1. The first-order chi connectivity index (χ1) is 8.97. The average molecular weight is 269 g/mol. The van der Waals surface area contributed by atoms with Crippen molar-refractivity contribution in [2.45, 2.75) is 6.92 Å². The molecule has 0 aliphatic heterocycles. The van der Waals surface area contributed by atoms with E-state index >= 15 is 0 Å². The molecule has 0 saturated heterocycles. The van der Waals surface area contributed by atoms with Crippen LogP contribution in [-0.2, 0) is 4.74 Å². The maximum absolute atomic E-state index is 13.2. The number of ether oxygens (including phenoxy) is 1. The van der Waals surface area contributed by atoms with Crippen molar-refractivity contribution in [3.8, 4) is 5.75 Å². The number of aromatic nitrogens is 1. The van der Waals surface area contributed by atoms with E-state index in [0.29, 0.717) is 6.07 Å². The molecule has 0 fully saturated rings. The van der Waals surface area contributed by atoms with Gasteiger partial charge in [-0.2, -0.15) is 4.39 Å². The number of carbonyl (C=O) groups excluding carboxylic acids is 1. The van der Waals surface area contributed by atoms with Crippen molar-refractivity contribution in [2.24, 2.45) is 0 Å². The Morgan fingerprint density at radius 3 is 2.79 bits per heavy atom. The molecule has 0 atom stereocenters. The van der Waals surface area contributed by atoms with Crippen LogP contribution < -0.4 is 5.43 Å². The smallest absolute Gasteiger partial charge is 0.343 e. The summed E-state index contributed by atoms with van der Waals surface area (Å²) in [5.41, 5.74) is -1.47. The van der Waals surface area contributed by atoms with Crippen molar-refractivity contribution in [1.29, 1.82) is 0 Å². The minimum atomic E-state index is -1.47. The number of phenols is 1.